The van der Waals surface area contributed by atoms with Gasteiger partial charge in [-0.3, -0.25) is 4.57 Å². The molecule has 0 saturated carbocycles. The summed E-state index contributed by atoms with van der Waals surface area (Å²) in [4.78, 5) is 0. The highest BCUT2D eigenvalue weighted by Crippen LogP contribution is 2.50. The van der Waals surface area contributed by atoms with Crippen molar-refractivity contribution < 1.29 is 14.2 Å². The molecule has 1 aromatic rings. The SMILES string of the molecule is CC(C)(C)c1cc(OP(=O)(CCC#N)CCC#N)cc(C(C)(C)C)c1O. The lowest BCUT2D eigenvalue weighted by Gasteiger charge is -2.29. The van der Waals surface area contributed by atoms with Crippen molar-refractivity contribution >= 4 is 7.37 Å². The van der Waals surface area contributed by atoms with Crippen LogP contribution in [0, 0.1) is 22.7 Å². The number of nitriles is 2. The second kappa shape index (κ2) is 8.15. The van der Waals surface area contributed by atoms with Gasteiger partial charge in [-0.15, -0.1) is 0 Å². The van der Waals surface area contributed by atoms with E-state index in [1.54, 1.807) is 12.1 Å². The molecule has 142 valence electrons. The number of aromatic hydroxyl groups is 1. The maximum atomic E-state index is 13.1. The third-order valence-electron chi connectivity index (χ3n) is 4.10. The molecule has 0 atom stereocenters. The van der Waals surface area contributed by atoms with Crippen LogP contribution in [-0.4, -0.2) is 17.4 Å². The van der Waals surface area contributed by atoms with E-state index in [1.807, 2.05) is 53.7 Å². The first-order chi connectivity index (χ1) is 11.8. The molecule has 1 rings (SSSR count). The molecule has 26 heavy (non-hydrogen) atoms. The van der Waals surface area contributed by atoms with Gasteiger partial charge in [0.05, 0.1) is 12.1 Å². The van der Waals surface area contributed by atoms with E-state index in [9.17, 15) is 9.67 Å². The number of hydrogen-bond donors (Lipinski definition) is 1. The van der Waals surface area contributed by atoms with E-state index in [0.717, 1.165) is 0 Å². The Bertz CT molecular complexity index is 717. The smallest absolute Gasteiger partial charge is 0.249 e. The summed E-state index contributed by atoms with van der Waals surface area (Å²) in [7, 11) is -3.16. The van der Waals surface area contributed by atoms with Crippen LogP contribution in [0.2, 0.25) is 0 Å². The minimum atomic E-state index is -3.16. The molecule has 5 nitrogen and oxygen atoms in total. The third-order valence-corrected chi connectivity index (χ3v) is 6.45. The van der Waals surface area contributed by atoms with Crippen molar-refractivity contribution in [1.29, 1.82) is 10.5 Å². The van der Waals surface area contributed by atoms with Crippen LogP contribution in [-0.2, 0) is 15.4 Å². The molecule has 0 fully saturated rings. The van der Waals surface area contributed by atoms with Gasteiger partial charge < -0.3 is 9.63 Å². The standard InChI is InChI=1S/C20H29N2O3P/c1-19(2,3)16-13-15(14-17(18(16)23)20(4,5)6)25-26(24,11-7-9-21)12-8-10-22/h13-14,23H,7-8,11-12H2,1-6H3. The van der Waals surface area contributed by atoms with Crippen LogP contribution >= 0.6 is 7.37 Å². The Kier molecular flexibility index (Phi) is 6.92. The Balaban J connectivity index is 3.45. The van der Waals surface area contributed by atoms with Gasteiger partial charge in [0.15, 0.2) is 0 Å². The molecule has 1 aromatic carbocycles. The molecule has 0 heterocycles. The maximum absolute atomic E-state index is 13.1. The molecule has 0 bridgehead atoms. The fraction of sp³-hybridized carbons (Fsp3) is 0.600. The molecule has 0 aromatic heterocycles. The molecule has 6 heteroatoms. The largest absolute Gasteiger partial charge is 0.507 e. The van der Waals surface area contributed by atoms with Gasteiger partial charge in [0.25, 0.3) is 0 Å². The van der Waals surface area contributed by atoms with Gasteiger partial charge in [0.2, 0.25) is 7.37 Å². The predicted octanol–water partition coefficient (Wildman–Crippen LogP) is 5.47. The molecular formula is C20H29N2O3P. The number of rotatable bonds is 6. The van der Waals surface area contributed by atoms with Crippen molar-refractivity contribution in [2.24, 2.45) is 0 Å². The second-order valence-electron chi connectivity index (χ2n) is 8.54. The van der Waals surface area contributed by atoms with Crippen molar-refractivity contribution in [3.05, 3.63) is 23.3 Å². The highest BCUT2D eigenvalue weighted by Gasteiger charge is 2.30. The molecule has 0 saturated heterocycles. The zero-order valence-corrected chi connectivity index (χ0v) is 17.5. The van der Waals surface area contributed by atoms with Crippen LogP contribution in [0.25, 0.3) is 0 Å². The highest BCUT2D eigenvalue weighted by atomic mass is 31.2. The Morgan fingerprint density at radius 3 is 1.65 bits per heavy atom. The minimum absolute atomic E-state index is 0.110. The first kappa shape index (κ1) is 22.1. The van der Waals surface area contributed by atoms with Gasteiger partial charge in [-0.2, -0.15) is 10.5 Å². The van der Waals surface area contributed by atoms with Gasteiger partial charge in [-0.1, -0.05) is 41.5 Å². The normalized spacial score (nSPS) is 12.3. The lowest BCUT2D eigenvalue weighted by molar-refractivity contribution is 0.418. The highest BCUT2D eigenvalue weighted by molar-refractivity contribution is 7.59. The minimum Gasteiger partial charge on any atom is -0.507 e. The number of hydrogen-bond acceptors (Lipinski definition) is 5. The summed E-state index contributed by atoms with van der Waals surface area (Å²) in [6, 6.07) is 7.42. The summed E-state index contributed by atoms with van der Waals surface area (Å²) in [5.41, 5.74) is 0.776. The summed E-state index contributed by atoms with van der Waals surface area (Å²) >= 11 is 0. The third kappa shape index (κ3) is 5.79. The van der Waals surface area contributed by atoms with Crippen molar-refractivity contribution in [1.82, 2.24) is 0 Å². The van der Waals surface area contributed by atoms with Crippen molar-refractivity contribution in [2.45, 2.75) is 65.2 Å². The molecule has 0 unspecified atom stereocenters. The lowest BCUT2D eigenvalue weighted by Crippen LogP contribution is -2.17. The Morgan fingerprint density at radius 2 is 1.35 bits per heavy atom. The van der Waals surface area contributed by atoms with E-state index in [-0.39, 0.29) is 41.7 Å². The van der Waals surface area contributed by atoms with Crippen molar-refractivity contribution in [3.8, 4) is 23.6 Å². The second-order valence-corrected chi connectivity index (χ2v) is 11.2. The summed E-state index contributed by atoms with van der Waals surface area (Å²) < 4.78 is 19.0. The van der Waals surface area contributed by atoms with E-state index in [4.69, 9.17) is 15.0 Å². The molecule has 0 aliphatic heterocycles. The lowest BCUT2D eigenvalue weighted by atomic mass is 9.79. The molecule has 0 aliphatic carbocycles. The van der Waals surface area contributed by atoms with Crippen molar-refractivity contribution in [2.75, 3.05) is 12.3 Å². The van der Waals surface area contributed by atoms with Crippen LogP contribution in [0.3, 0.4) is 0 Å². The average molecular weight is 376 g/mol. The number of phenols is 1. The Morgan fingerprint density at radius 1 is 0.962 bits per heavy atom. The van der Waals surface area contributed by atoms with E-state index in [0.29, 0.717) is 16.9 Å². The predicted molar refractivity (Wildman–Crippen MR) is 104 cm³/mol. The van der Waals surface area contributed by atoms with E-state index in [2.05, 4.69) is 0 Å². The zero-order valence-electron chi connectivity index (χ0n) is 16.6. The maximum Gasteiger partial charge on any atom is 0.249 e. The first-order valence-corrected chi connectivity index (χ1v) is 10.7. The average Bonchev–Trinajstić information content (AvgIpc) is 2.50. The topological polar surface area (TPSA) is 94.1 Å². The summed E-state index contributed by atoms with van der Waals surface area (Å²) in [6.07, 6.45) is 0.446. The van der Waals surface area contributed by atoms with Gasteiger partial charge in [0.1, 0.15) is 11.5 Å². The number of phenolic OH excluding ortho intramolecular Hbond substituents is 1. The van der Waals surface area contributed by atoms with Crippen LogP contribution in [0.15, 0.2) is 12.1 Å². The Labute approximate surface area is 157 Å². The van der Waals surface area contributed by atoms with Gasteiger partial charge in [-0.05, 0) is 23.0 Å². The molecular weight excluding hydrogens is 347 g/mol. The zero-order chi connectivity index (χ0) is 20.2. The first-order valence-electron chi connectivity index (χ1n) is 8.73. The molecule has 0 spiro atoms. The van der Waals surface area contributed by atoms with Crippen LogP contribution < -0.4 is 4.52 Å². The van der Waals surface area contributed by atoms with E-state index in [1.165, 1.54) is 0 Å². The monoisotopic (exact) mass is 376 g/mol. The Hall–Kier alpha value is -1.97. The molecule has 0 radical (unpaired) electrons. The summed E-state index contributed by atoms with van der Waals surface area (Å²) in [5.74, 6) is 0.637. The number of benzene rings is 1. The quantitative estimate of drug-likeness (QED) is 0.664. The number of nitrogens with zero attached hydrogens (tertiary/aromatic N) is 2. The fourth-order valence-corrected chi connectivity index (χ4v) is 4.42. The van der Waals surface area contributed by atoms with E-state index >= 15 is 0 Å². The molecule has 0 amide bonds. The van der Waals surface area contributed by atoms with Gasteiger partial charge in [0, 0.05) is 36.3 Å². The van der Waals surface area contributed by atoms with Gasteiger partial charge in [-0.25, -0.2) is 0 Å². The molecule has 0 aliphatic rings. The van der Waals surface area contributed by atoms with Crippen LogP contribution in [0.4, 0.5) is 0 Å². The van der Waals surface area contributed by atoms with Crippen LogP contribution in [0.5, 0.6) is 11.5 Å². The van der Waals surface area contributed by atoms with Crippen LogP contribution in [0.1, 0.15) is 65.5 Å². The fourth-order valence-electron chi connectivity index (χ4n) is 2.64. The van der Waals surface area contributed by atoms with E-state index < -0.39 is 7.37 Å². The summed E-state index contributed by atoms with van der Waals surface area (Å²) in [6.45, 7) is 11.9. The summed E-state index contributed by atoms with van der Waals surface area (Å²) in [5, 5.41) is 28.4. The molecule has 1 N–H and O–H groups in total. The van der Waals surface area contributed by atoms with Gasteiger partial charge >= 0.3 is 0 Å². The van der Waals surface area contributed by atoms with Crippen molar-refractivity contribution in [3.63, 3.8) is 0 Å².